The van der Waals surface area contributed by atoms with Crippen molar-refractivity contribution in [3.63, 3.8) is 0 Å². The van der Waals surface area contributed by atoms with Gasteiger partial charge in [0, 0.05) is 18.6 Å². The number of para-hydroxylation sites is 2. The second-order valence-electron chi connectivity index (χ2n) is 6.70. The molecule has 0 spiro atoms. The lowest BCUT2D eigenvalue weighted by molar-refractivity contribution is 0.590. The van der Waals surface area contributed by atoms with E-state index in [2.05, 4.69) is 16.9 Å². The topological polar surface area (TPSA) is 86.9 Å². The predicted octanol–water partition coefficient (Wildman–Crippen LogP) is 4.56. The van der Waals surface area contributed by atoms with Crippen LogP contribution in [0.3, 0.4) is 0 Å². The third-order valence-electron chi connectivity index (χ3n) is 4.60. The molecule has 0 unspecified atom stereocenters. The van der Waals surface area contributed by atoms with E-state index in [0.717, 1.165) is 12.8 Å². The number of aromatic nitrogens is 2. The minimum Gasteiger partial charge on any atom is -0.358 e. The van der Waals surface area contributed by atoms with Crippen LogP contribution < -0.4 is 4.90 Å². The summed E-state index contributed by atoms with van der Waals surface area (Å²) in [6.45, 7) is 2.75. The van der Waals surface area contributed by atoms with Crippen LogP contribution in [-0.4, -0.2) is 32.0 Å². The third-order valence-corrected chi connectivity index (χ3v) is 6.74. The fourth-order valence-corrected chi connectivity index (χ4v) is 4.50. The number of anilines is 1. The molecular formula is C21H21ClN4O2S. The average molecular weight is 429 g/mol. The lowest BCUT2D eigenvalue weighted by atomic mass is 10.2. The Balaban J connectivity index is 2.19. The van der Waals surface area contributed by atoms with E-state index in [0.29, 0.717) is 28.4 Å². The molecule has 0 fully saturated rings. The molecule has 3 rings (SSSR count). The van der Waals surface area contributed by atoms with Crippen molar-refractivity contribution in [3.05, 3.63) is 59.2 Å². The van der Waals surface area contributed by atoms with E-state index in [-0.39, 0.29) is 10.6 Å². The van der Waals surface area contributed by atoms with Crippen LogP contribution in [0.15, 0.2) is 53.4 Å². The Hall–Kier alpha value is -2.69. The maximum Gasteiger partial charge on any atom is 0.200 e. The summed E-state index contributed by atoms with van der Waals surface area (Å²) in [6.07, 6.45) is 1.89. The van der Waals surface area contributed by atoms with Gasteiger partial charge in [-0.05, 0) is 42.8 Å². The molecule has 0 aliphatic rings. The third kappa shape index (κ3) is 4.34. The minimum atomic E-state index is -4.02. The maximum absolute atomic E-state index is 13.2. The molecule has 150 valence electrons. The molecule has 0 amide bonds. The van der Waals surface area contributed by atoms with Crippen molar-refractivity contribution in [2.45, 2.75) is 29.9 Å². The summed E-state index contributed by atoms with van der Waals surface area (Å²) in [5.74, 6) is 0.404. The fourth-order valence-electron chi connectivity index (χ4n) is 3.00. The lowest BCUT2D eigenvalue weighted by Crippen LogP contribution is -2.24. The van der Waals surface area contributed by atoms with Gasteiger partial charge in [-0.1, -0.05) is 37.1 Å². The molecule has 0 N–H and O–H groups in total. The van der Waals surface area contributed by atoms with Crippen molar-refractivity contribution in [1.82, 2.24) is 9.97 Å². The zero-order chi connectivity index (χ0) is 21.0. The standard InChI is InChI=1S/C21H21ClN4O2S/c1-3-4-13-26(2)21-20(24-17-7-5-6-8-18(17)25-21)19(14-23)29(27,28)16-11-9-15(22)10-12-16/h5-12,19H,3-4,13H2,1-2H3/t19-/m0/s1. The molecule has 0 radical (unpaired) electrons. The van der Waals surface area contributed by atoms with Gasteiger partial charge in [0.15, 0.2) is 11.1 Å². The maximum atomic E-state index is 13.2. The Morgan fingerprint density at radius 1 is 1.10 bits per heavy atom. The van der Waals surface area contributed by atoms with Crippen molar-refractivity contribution in [2.75, 3.05) is 18.5 Å². The number of unbranched alkanes of at least 4 members (excludes halogenated alkanes) is 1. The molecule has 0 saturated carbocycles. The molecule has 0 aliphatic carbocycles. The highest BCUT2D eigenvalue weighted by Crippen LogP contribution is 2.34. The monoisotopic (exact) mass is 428 g/mol. The van der Waals surface area contributed by atoms with Gasteiger partial charge < -0.3 is 4.90 Å². The van der Waals surface area contributed by atoms with Crippen LogP contribution in [0.5, 0.6) is 0 Å². The summed E-state index contributed by atoms with van der Waals surface area (Å²) >= 11 is 5.88. The van der Waals surface area contributed by atoms with Gasteiger partial charge in [-0.2, -0.15) is 5.26 Å². The molecule has 6 nitrogen and oxygen atoms in total. The van der Waals surface area contributed by atoms with E-state index in [1.807, 2.05) is 30.1 Å². The number of sulfone groups is 1. The lowest BCUT2D eigenvalue weighted by Gasteiger charge is -2.23. The molecule has 8 heteroatoms. The van der Waals surface area contributed by atoms with Crippen LogP contribution in [0, 0.1) is 11.3 Å². The quantitative estimate of drug-likeness (QED) is 0.548. The van der Waals surface area contributed by atoms with Crippen molar-refractivity contribution < 1.29 is 8.42 Å². The molecular weight excluding hydrogens is 408 g/mol. The first kappa shape index (κ1) is 21.0. The van der Waals surface area contributed by atoms with E-state index in [4.69, 9.17) is 11.6 Å². The summed E-state index contributed by atoms with van der Waals surface area (Å²) in [5.41, 5.74) is 1.33. The minimum absolute atomic E-state index is 0.0190. The highest BCUT2D eigenvalue weighted by Gasteiger charge is 2.34. The number of hydrogen-bond acceptors (Lipinski definition) is 6. The van der Waals surface area contributed by atoms with E-state index in [1.54, 1.807) is 12.1 Å². The number of nitrogens with zero attached hydrogens (tertiary/aromatic N) is 4. The number of nitriles is 1. The Morgan fingerprint density at radius 2 is 1.72 bits per heavy atom. The average Bonchev–Trinajstić information content (AvgIpc) is 2.72. The van der Waals surface area contributed by atoms with E-state index >= 15 is 0 Å². The van der Waals surface area contributed by atoms with Gasteiger partial charge in [0.05, 0.1) is 22.0 Å². The van der Waals surface area contributed by atoms with Crippen molar-refractivity contribution in [3.8, 4) is 6.07 Å². The van der Waals surface area contributed by atoms with E-state index in [1.165, 1.54) is 24.3 Å². The second kappa shape index (κ2) is 8.76. The molecule has 0 aliphatic heterocycles. The molecule has 1 heterocycles. The molecule has 3 aromatic rings. The van der Waals surface area contributed by atoms with Crippen LogP contribution in [0.4, 0.5) is 5.82 Å². The van der Waals surface area contributed by atoms with Gasteiger partial charge in [0.25, 0.3) is 0 Å². The smallest absolute Gasteiger partial charge is 0.200 e. The Bertz CT molecular complexity index is 1160. The van der Waals surface area contributed by atoms with Crippen molar-refractivity contribution in [2.24, 2.45) is 0 Å². The summed E-state index contributed by atoms with van der Waals surface area (Å²) in [7, 11) is -2.18. The molecule has 0 bridgehead atoms. The number of hydrogen-bond donors (Lipinski definition) is 0. The second-order valence-corrected chi connectivity index (χ2v) is 9.17. The number of benzene rings is 2. The number of fused-ring (bicyclic) bond motifs is 1. The summed E-state index contributed by atoms with van der Waals surface area (Å²) in [4.78, 5) is 11.1. The summed E-state index contributed by atoms with van der Waals surface area (Å²) < 4.78 is 26.5. The van der Waals surface area contributed by atoms with Crippen LogP contribution in [0.1, 0.15) is 30.7 Å². The molecule has 2 aromatic carbocycles. The van der Waals surface area contributed by atoms with Gasteiger partial charge in [-0.3, -0.25) is 0 Å². The zero-order valence-electron chi connectivity index (χ0n) is 16.2. The normalized spacial score (nSPS) is 12.5. The van der Waals surface area contributed by atoms with Crippen molar-refractivity contribution >= 4 is 38.3 Å². The summed E-state index contributed by atoms with van der Waals surface area (Å²) in [5, 5.41) is 8.78. The first-order valence-electron chi connectivity index (χ1n) is 9.25. The molecule has 1 atom stereocenters. The molecule has 0 saturated heterocycles. The number of rotatable bonds is 7. The van der Waals surface area contributed by atoms with Gasteiger partial charge in [-0.25, -0.2) is 18.4 Å². The fraction of sp³-hybridized carbons (Fsp3) is 0.286. The number of halogens is 1. The van der Waals surface area contributed by atoms with E-state index < -0.39 is 15.1 Å². The van der Waals surface area contributed by atoms with Gasteiger partial charge in [-0.15, -0.1) is 0 Å². The Kier molecular flexibility index (Phi) is 6.36. The highest BCUT2D eigenvalue weighted by molar-refractivity contribution is 7.92. The molecule has 1 aromatic heterocycles. The van der Waals surface area contributed by atoms with Crippen LogP contribution in [-0.2, 0) is 9.84 Å². The van der Waals surface area contributed by atoms with E-state index in [9.17, 15) is 13.7 Å². The van der Waals surface area contributed by atoms with Gasteiger partial charge in [0.1, 0.15) is 5.69 Å². The first-order chi connectivity index (χ1) is 13.9. The largest absolute Gasteiger partial charge is 0.358 e. The Labute approximate surface area is 175 Å². The Morgan fingerprint density at radius 3 is 2.31 bits per heavy atom. The van der Waals surface area contributed by atoms with Crippen LogP contribution in [0.2, 0.25) is 5.02 Å². The summed E-state index contributed by atoms with van der Waals surface area (Å²) in [6, 6.07) is 14.9. The SMILES string of the molecule is CCCCN(C)c1nc2ccccc2nc1[C@H](C#N)S(=O)(=O)c1ccc(Cl)cc1. The first-order valence-corrected chi connectivity index (χ1v) is 11.2. The highest BCUT2D eigenvalue weighted by atomic mass is 35.5. The molecule has 29 heavy (non-hydrogen) atoms. The van der Waals surface area contributed by atoms with Gasteiger partial charge >= 0.3 is 0 Å². The zero-order valence-corrected chi connectivity index (χ0v) is 17.8. The van der Waals surface area contributed by atoms with Gasteiger partial charge in [0.2, 0.25) is 9.84 Å². The predicted molar refractivity (Wildman–Crippen MR) is 115 cm³/mol. The van der Waals surface area contributed by atoms with Crippen LogP contribution in [0.25, 0.3) is 11.0 Å². The van der Waals surface area contributed by atoms with Crippen molar-refractivity contribution in [1.29, 1.82) is 5.26 Å². The van der Waals surface area contributed by atoms with Crippen LogP contribution >= 0.6 is 11.6 Å².